The summed E-state index contributed by atoms with van der Waals surface area (Å²) < 4.78 is 8.62. The number of rotatable bonds is 7. The molecule has 4 N–H and O–H groups in total. The van der Waals surface area contributed by atoms with E-state index in [4.69, 9.17) is 21.2 Å². The summed E-state index contributed by atoms with van der Waals surface area (Å²) in [6.07, 6.45) is 2.79. The molecule has 0 saturated carbocycles. The van der Waals surface area contributed by atoms with E-state index in [1.54, 1.807) is 18.4 Å². The van der Waals surface area contributed by atoms with Crippen LogP contribution in [0.5, 0.6) is 0 Å². The zero-order chi connectivity index (χ0) is 15.5. The summed E-state index contributed by atoms with van der Waals surface area (Å²) in [5, 5.41) is 2.04. The Balaban J connectivity index is 2.15. The van der Waals surface area contributed by atoms with Crippen molar-refractivity contribution in [1.29, 1.82) is 0 Å². The third kappa shape index (κ3) is 2.67. The lowest BCUT2D eigenvalue weighted by Gasteiger charge is -2.09. The molecule has 0 atom stereocenters. The van der Waals surface area contributed by atoms with Gasteiger partial charge in [-0.15, -0.1) is 11.3 Å². The number of fused-ring (bicyclic) bond motifs is 3. The fourth-order valence-corrected chi connectivity index (χ4v) is 3.58. The van der Waals surface area contributed by atoms with Gasteiger partial charge in [-0.05, 0) is 30.8 Å². The molecule has 7 heteroatoms. The molecule has 0 unspecified atom stereocenters. The van der Waals surface area contributed by atoms with E-state index in [0.29, 0.717) is 19.0 Å². The number of aryl methyl sites for hydroxylation is 1. The summed E-state index contributed by atoms with van der Waals surface area (Å²) in [7, 11) is 1.70. The molecular formula is C15H21N5OS. The van der Waals surface area contributed by atoms with Crippen molar-refractivity contribution in [2.24, 2.45) is 5.73 Å². The number of thiophene rings is 1. The highest BCUT2D eigenvalue weighted by Crippen LogP contribution is 2.32. The number of methoxy groups -OCH3 is 1. The van der Waals surface area contributed by atoms with Gasteiger partial charge in [0, 0.05) is 20.1 Å². The fraction of sp³-hybridized carbons (Fsp3) is 0.467. The largest absolute Gasteiger partial charge is 0.384 e. The van der Waals surface area contributed by atoms with Crippen LogP contribution in [0.2, 0.25) is 0 Å². The Morgan fingerprint density at radius 1 is 1.32 bits per heavy atom. The molecule has 6 nitrogen and oxygen atoms in total. The molecule has 0 aromatic carbocycles. The summed E-state index contributed by atoms with van der Waals surface area (Å²) in [6.45, 7) is 2.24. The first kappa shape index (κ1) is 15.2. The number of unbranched alkanes of at least 4 members (excludes halogenated alkanes) is 1. The normalized spacial score (nSPS) is 11.7. The van der Waals surface area contributed by atoms with E-state index in [1.807, 2.05) is 11.4 Å². The number of ether oxygens (including phenoxy) is 1. The Labute approximate surface area is 133 Å². The van der Waals surface area contributed by atoms with Crippen LogP contribution in [-0.2, 0) is 17.7 Å². The molecular weight excluding hydrogens is 298 g/mol. The van der Waals surface area contributed by atoms with E-state index < -0.39 is 0 Å². The van der Waals surface area contributed by atoms with Crippen molar-refractivity contribution in [3.8, 4) is 0 Å². The molecule has 3 aromatic heterocycles. The van der Waals surface area contributed by atoms with Gasteiger partial charge in [0.1, 0.15) is 11.3 Å². The first-order valence-corrected chi connectivity index (χ1v) is 8.35. The van der Waals surface area contributed by atoms with Crippen LogP contribution in [0.15, 0.2) is 11.4 Å². The van der Waals surface area contributed by atoms with Gasteiger partial charge in [0.2, 0.25) is 0 Å². The van der Waals surface area contributed by atoms with Gasteiger partial charge in [0.15, 0.2) is 5.82 Å². The molecule has 3 rings (SSSR count). The third-order valence-corrected chi connectivity index (χ3v) is 4.67. The molecule has 0 spiro atoms. The molecule has 3 heterocycles. The van der Waals surface area contributed by atoms with Gasteiger partial charge in [-0.2, -0.15) is 0 Å². The molecule has 0 fully saturated rings. The van der Waals surface area contributed by atoms with Crippen LogP contribution in [-0.4, -0.2) is 34.8 Å². The SMILES string of the molecule is COCCc1nc2c(N)nc3ccsc3c2n1CCCCN. The van der Waals surface area contributed by atoms with E-state index in [1.165, 1.54) is 0 Å². The molecule has 22 heavy (non-hydrogen) atoms. The summed E-state index contributed by atoms with van der Waals surface area (Å²) >= 11 is 1.68. The number of nitrogen functional groups attached to an aromatic ring is 1. The van der Waals surface area contributed by atoms with Crippen LogP contribution < -0.4 is 11.5 Å². The molecule has 118 valence electrons. The molecule has 0 bridgehead atoms. The lowest BCUT2D eigenvalue weighted by Crippen LogP contribution is -2.08. The predicted octanol–water partition coefficient (Wildman–Crippen LogP) is 2.16. The highest BCUT2D eigenvalue weighted by molar-refractivity contribution is 7.18. The topological polar surface area (TPSA) is 92.0 Å². The number of imidazole rings is 1. The highest BCUT2D eigenvalue weighted by atomic mass is 32.1. The number of hydrogen-bond acceptors (Lipinski definition) is 6. The van der Waals surface area contributed by atoms with Gasteiger partial charge in [0.05, 0.1) is 22.3 Å². The first-order valence-electron chi connectivity index (χ1n) is 7.47. The van der Waals surface area contributed by atoms with Crippen LogP contribution in [0.3, 0.4) is 0 Å². The summed E-state index contributed by atoms with van der Waals surface area (Å²) in [4.78, 5) is 9.19. The smallest absolute Gasteiger partial charge is 0.152 e. The van der Waals surface area contributed by atoms with Crippen molar-refractivity contribution in [2.45, 2.75) is 25.8 Å². The minimum atomic E-state index is 0.497. The average molecular weight is 319 g/mol. The molecule has 0 aliphatic carbocycles. The van der Waals surface area contributed by atoms with Crippen LogP contribution in [0.25, 0.3) is 21.3 Å². The van der Waals surface area contributed by atoms with E-state index in [-0.39, 0.29) is 0 Å². The Bertz CT molecular complexity index is 779. The molecule has 0 aliphatic heterocycles. The zero-order valence-electron chi connectivity index (χ0n) is 12.7. The summed E-state index contributed by atoms with van der Waals surface area (Å²) in [5.74, 6) is 1.50. The van der Waals surface area contributed by atoms with Gasteiger partial charge < -0.3 is 20.8 Å². The number of anilines is 1. The van der Waals surface area contributed by atoms with Gasteiger partial charge in [0.25, 0.3) is 0 Å². The molecule has 0 saturated heterocycles. The molecule has 0 amide bonds. The van der Waals surface area contributed by atoms with Crippen LogP contribution in [0, 0.1) is 0 Å². The van der Waals surface area contributed by atoms with Gasteiger partial charge in [-0.25, -0.2) is 9.97 Å². The van der Waals surface area contributed by atoms with Crippen molar-refractivity contribution >= 4 is 38.4 Å². The first-order chi connectivity index (χ1) is 10.8. The maximum Gasteiger partial charge on any atom is 0.152 e. The number of aromatic nitrogens is 3. The summed E-state index contributed by atoms with van der Waals surface area (Å²) in [6, 6.07) is 2.00. The highest BCUT2D eigenvalue weighted by Gasteiger charge is 2.17. The third-order valence-electron chi connectivity index (χ3n) is 3.76. The van der Waals surface area contributed by atoms with Crippen molar-refractivity contribution < 1.29 is 4.74 Å². The lowest BCUT2D eigenvalue weighted by molar-refractivity contribution is 0.199. The Morgan fingerprint density at radius 3 is 2.95 bits per heavy atom. The number of pyridine rings is 1. The maximum absolute atomic E-state index is 6.11. The number of nitrogens with two attached hydrogens (primary N) is 2. The van der Waals surface area contributed by atoms with Gasteiger partial charge in [-0.1, -0.05) is 0 Å². The van der Waals surface area contributed by atoms with Crippen LogP contribution >= 0.6 is 11.3 Å². The van der Waals surface area contributed by atoms with Crippen molar-refractivity contribution in [1.82, 2.24) is 14.5 Å². The maximum atomic E-state index is 6.11. The second-order valence-electron chi connectivity index (χ2n) is 5.25. The Morgan fingerprint density at radius 2 is 2.18 bits per heavy atom. The number of nitrogens with zero attached hydrogens (tertiary/aromatic N) is 3. The Kier molecular flexibility index (Phi) is 4.56. The Hall–Kier alpha value is -1.70. The van der Waals surface area contributed by atoms with Gasteiger partial charge in [-0.3, -0.25) is 0 Å². The second-order valence-corrected chi connectivity index (χ2v) is 6.16. The fourth-order valence-electron chi connectivity index (χ4n) is 2.70. The lowest BCUT2D eigenvalue weighted by atomic mass is 10.3. The van der Waals surface area contributed by atoms with E-state index >= 15 is 0 Å². The van der Waals surface area contributed by atoms with Crippen LogP contribution in [0.4, 0.5) is 5.82 Å². The average Bonchev–Trinajstić information content (AvgIpc) is 3.10. The van der Waals surface area contributed by atoms with E-state index in [9.17, 15) is 0 Å². The minimum absolute atomic E-state index is 0.497. The number of hydrogen-bond donors (Lipinski definition) is 2. The van der Waals surface area contributed by atoms with Crippen molar-refractivity contribution in [3.05, 3.63) is 17.3 Å². The quantitative estimate of drug-likeness (QED) is 0.651. The standard InChI is InChI=1S/C15H21N5OS/c1-21-8-4-11-19-12-13(20(11)7-3-2-6-16)14-10(5-9-22-14)18-15(12)17/h5,9H,2-4,6-8,16H2,1H3,(H2,17,18). The zero-order valence-corrected chi connectivity index (χ0v) is 13.5. The van der Waals surface area contributed by atoms with Crippen LogP contribution in [0.1, 0.15) is 18.7 Å². The van der Waals surface area contributed by atoms with E-state index in [2.05, 4.69) is 9.55 Å². The van der Waals surface area contributed by atoms with Crippen molar-refractivity contribution in [2.75, 3.05) is 26.0 Å². The monoisotopic (exact) mass is 319 g/mol. The molecule has 3 aromatic rings. The summed E-state index contributed by atoms with van der Waals surface area (Å²) in [5.41, 5.74) is 14.6. The molecule has 0 aliphatic rings. The minimum Gasteiger partial charge on any atom is -0.384 e. The predicted molar refractivity (Wildman–Crippen MR) is 91.2 cm³/mol. The van der Waals surface area contributed by atoms with E-state index in [0.717, 1.165) is 52.9 Å². The molecule has 0 radical (unpaired) electrons. The second kappa shape index (κ2) is 6.60. The van der Waals surface area contributed by atoms with Gasteiger partial charge >= 0.3 is 0 Å². The van der Waals surface area contributed by atoms with Crippen molar-refractivity contribution in [3.63, 3.8) is 0 Å².